The van der Waals surface area contributed by atoms with Crippen LogP contribution in [0, 0.1) is 5.82 Å². The third-order valence-electron chi connectivity index (χ3n) is 5.64. The fraction of sp³-hybridized carbons (Fsp3) is 0.474. The first-order valence-electron chi connectivity index (χ1n) is 8.80. The number of piperidine rings is 1. The lowest BCUT2D eigenvalue weighted by atomic mass is 9.75. The summed E-state index contributed by atoms with van der Waals surface area (Å²) < 4.78 is 14.8. The number of rotatable bonds is 3. The third-order valence-corrected chi connectivity index (χ3v) is 5.64. The number of amides is 1. The fourth-order valence-electron chi connectivity index (χ4n) is 4.29. The van der Waals surface area contributed by atoms with Crippen LogP contribution in [-0.4, -0.2) is 39.2 Å². The summed E-state index contributed by atoms with van der Waals surface area (Å²) in [5.41, 5.74) is 2.11. The Balaban J connectivity index is 1.45. The highest BCUT2D eigenvalue weighted by molar-refractivity contribution is 5.81. The first kappa shape index (κ1) is 16.3. The standard InChI is InChI=1S/C19H23FN4O/c1-23-13-15(11-21-23)17-10-18(25)22-19(17)6-8-24(9-7-19)12-14-2-4-16(20)5-3-14/h2-5,11,13,17H,6-10,12H2,1H3,(H,22,25). The van der Waals surface area contributed by atoms with Crippen LogP contribution in [-0.2, 0) is 18.4 Å². The number of aromatic nitrogens is 2. The lowest BCUT2D eigenvalue weighted by molar-refractivity contribution is -0.120. The van der Waals surface area contributed by atoms with Gasteiger partial charge in [0.25, 0.3) is 0 Å². The number of nitrogens with zero attached hydrogens (tertiary/aromatic N) is 3. The summed E-state index contributed by atoms with van der Waals surface area (Å²) in [7, 11) is 1.91. The molecule has 2 fully saturated rings. The van der Waals surface area contributed by atoms with E-state index in [1.165, 1.54) is 12.1 Å². The van der Waals surface area contributed by atoms with Crippen molar-refractivity contribution >= 4 is 5.91 Å². The Morgan fingerprint density at radius 2 is 2.00 bits per heavy atom. The van der Waals surface area contributed by atoms with E-state index < -0.39 is 0 Å². The summed E-state index contributed by atoms with van der Waals surface area (Å²) in [6, 6.07) is 6.71. The first-order valence-corrected chi connectivity index (χ1v) is 8.80. The second-order valence-electron chi connectivity index (χ2n) is 7.31. The minimum atomic E-state index is -0.200. The van der Waals surface area contributed by atoms with Gasteiger partial charge in [0.2, 0.25) is 5.91 Å². The summed E-state index contributed by atoms with van der Waals surface area (Å²) in [6.45, 7) is 2.67. The second-order valence-corrected chi connectivity index (χ2v) is 7.31. The van der Waals surface area contributed by atoms with E-state index in [4.69, 9.17) is 0 Å². The zero-order chi connectivity index (χ0) is 17.4. The predicted octanol–water partition coefficient (Wildman–Crippen LogP) is 2.20. The normalized spacial score (nSPS) is 23.1. The first-order chi connectivity index (χ1) is 12.0. The van der Waals surface area contributed by atoms with E-state index in [1.807, 2.05) is 31.6 Å². The van der Waals surface area contributed by atoms with Crippen LogP contribution >= 0.6 is 0 Å². The van der Waals surface area contributed by atoms with Gasteiger partial charge in [-0.05, 0) is 36.1 Å². The van der Waals surface area contributed by atoms with E-state index in [0.717, 1.165) is 43.6 Å². The molecule has 0 radical (unpaired) electrons. The molecule has 132 valence electrons. The summed E-state index contributed by atoms with van der Waals surface area (Å²) in [4.78, 5) is 14.5. The zero-order valence-corrected chi connectivity index (χ0v) is 14.4. The van der Waals surface area contributed by atoms with E-state index in [0.29, 0.717) is 6.42 Å². The molecule has 25 heavy (non-hydrogen) atoms. The van der Waals surface area contributed by atoms with Crippen molar-refractivity contribution in [3.63, 3.8) is 0 Å². The van der Waals surface area contributed by atoms with Crippen molar-refractivity contribution in [1.29, 1.82) is 0 Å². The Morgan fingerprint density at radius 3 is 2.64 bits per heavy atom. The minimum absolute atomic E-state index is 0.140. The molecule has 2 aliphatic rings. The van der Waals surface area contributed by atoms with Crippen molar-refractivity contribution < 1.29 is 9.18 Å². The molecule has 0 bridgehead atoms. The largest absolute Gasteiger partial charge is 0.350 e. The van der Waals surface area contributed by atoms with Crippen LogP contribution in [0.25, 0.3) is 0 Å². The lowest BCUT2D eigenvalue weighted by Gasteiger charge is -2.42. The highest BCUT2D eigenvalue weighted by Crippen LogP contribution is 2.43. The van der Waals surface area contributed by atoms with Crippen LogP contribution in [0.4, 0.5) is 4.39 Å². The number of aryl methyl sites for hydroxylation is 1. The summed E-state index contributed by atoms with van der Waals surface area (Å²) in [5.74, 6) is 0.136. The zero-order valence-electron chi connectivity index (χ0n) is 14.4. The Kier molecular flexibility index (Phi) is 4.07. The van der Waals surface area contributed by atoms with Crippen molar-refractivity contribution in [3.8, 4) is 0 Å². The summed E-state index contributed by atoms with van der Waals surface area (Å²) >= 11 is 0. The van der Waals surface area contributed by atoms with Crippen molar-refractivity contribution in [2.45, 2.75) is 37.3 Å². The maximum atomic E-state index is 13.0. The summed E-state index contributed by atoms with van der Waals surface area (Å²) in [5, 5.41) is 7.55. The van der Waals surface area contributed by atoms with Crippen molar-refractivity contribution in [2.75, 3.05) is 13.1 Å². The molecule has 6 heteroatoms. The molecule has 2 aliphatic heterocycles. The topological polar surface area (TPSA) is 50.2 Å². The van der Waals surface area contributed by atoms with Gasteiger partial charge in [-0.25, -0.2) is 4.39 Å². The van der Waals surface area contributed by atoms with E-state index in [9.17, 15) is 9.18 Å². The Hall–Kier alpha value is -2.21. The molecule has 1 amide bonds. The monoisotopic (exact) mass is 342 g/mol. The van der Waals surface area contributed by atoms with Crippen LogP contribution in [0.3, 0.4) is 0 Å². The molecule has 1 aromatic heterocycles. The van der Waals surface area contributed by atoms with Gasteiger partial charge in [0, 0.05) is 50.8 Å². The predicted molar refractivity (Wildman–Crippen MR) is 92.4 cm³/mol. The highest BCUT2D eigenvalue weighted by atomic mass is 19.1. The molecule has 0 saturated carbocycles. The number of hydrogen-bond donors (Lipinski definition) is 1. The molecule has 2 aromatic rings. The molecule has 5 nitrogen and oxygen atoms in total. The molecular weight excluding hydrogens is 319 g/mol. The van der Waals surface area contributed by atoms with Crippen molar-refractivity contribution in [2.24, 2.45) is 7.05 Å². The number of benzene rings is 1. The van der Waals surface area contributed by atoms with Crippen molar-refractivity contribution in [3.05, 3.63) is 53.6 Å². The lowest BCUT2D eigenvalue weighted by Crippen LogP contribution is -2.53. The van der Waals surface area contributed by atoms with Gasteiger partial charge in [-0.2, -0.15) is 5.10 Å². The average molecular weight is 342 g/mol. The van der Waals surface area contributed by atoms with E-state index in [1.54, 1.807) is 4.68 Å². The van der Waals surface area contributed by atoms with Crippen LogP contribution in [0.1, 0.15) is 36.3 Å². The molecular formula is C19H23FN4O. The number of nitrogens with one attached hydrogen (secondary N) is 1. The maximum Gasteiger partial charge on any atom is 0.221 e. The smallest absolute Gasteiger partial charge is 0.221 e. The van der Waals surface area contributed by atoms with Gasteiger partial charge < -0.3 is 5.32 Å². The highest BCUT2D eigenvalue weighted by Gasteiger charge is 2.48. The van der Waals surface area contributed by atoms with Crippen LogP contribution in [0.2, 0.25) is 0 Å². The van der Waals surface area contributed by atoms with Crippen LogP contribution in [0.15, 0.2) is 36.7 Å². The van der Waals surface area contributed by atoms with Gasteiger partial charge in [0.15, 0.2) is 0 Å². The van der Waals surface area contributed by atoms with Crippen molar-refractivity contribution in [1.82, 2.24) is 20.0 Å². The summed E-state index contributed by atoms with van der Waals surface area (Å²) in [6.07, 6.45) is 6.32. The molecule has 4 rings (SSSR count). The molecule has 3 heterocycles. The van der Waals surface area contributed by atoms with Gasteiger partial charge in [-0.3, -0.25) is 14.4 Å². The minimum Gasteiger partial charge on any atom is -0.350 e. The number of carbonyl (C=O) groups is 1. The van der Waals surface area contributed by atoms with E-state index >= 15 is 0 Å². The van der Waals surface area contributed by atoms with Gasteiger partial charge >= 0.3 is 0 Å². The molecule has 2 saturated heterocycles. The Morgan fingerprint density at radius 1 is 1.28 bits per heavy atom. The molecule has 0 aliphatic carbocycles. The number of likely N-dealkylation sites (tertiary alicyclic amines) is 1. The SMILES string of the molecule is Cn1cc(C2CC(=O)NC23CCN(Cc2ccc(F)cc2)CC3)cn1. The van der Waals surface area contributed by atoms with Gasteiger partial charge in [0.05, 0.1) is 6.20 Å². The average Bonchev–Trinajstić information content (AvgIpc) is 3.15. The van der Waals surface area contributed by atoms with Gasteiger partial charge in [-0.1, -0.05) is 12.1 Å². The van der Waals surface area contributed by atoms with E-state index in [-0.39, 0.29) is 23.2 Å². The van der Waals surface area contributed by atoms with Crippen LogP contribution < -0.4 is 5.32 Å². The molecule has 1 aromatic carbocycles. The Labute approximate surface area is 146 Å². The molecule has 1 unspecified atom stereocenters. The molecule has 1 spiro atoms. The molecule has 1 atom stereocenters. The third kappa shape index (κ3) is 3.18. The maximum absolute atomic E-state index is 13.0. The van der Waals surface area contributed by atoms with E-state index in [2.05, 4.69) is 15.3 Å². The van der Waals surface area contributed by atoms with Crippen LogP contribution in [0.5, 0.6) is 0 Å². The fourth-order valence-corrected chi connectivity index (χ4v) is 4.29. The number of halogens is 1. The quantitative estimate of drug-likeness (QED) is 0.930. The number of hydrogen-bond acceptors (Lipinski definition) is 3. The second kappa shape index (κ2) is 6.26. The van der Waals surface area contributed by atoms with Gasteiger partial charge in [-0.15, -0.1) is 0 Å². The Bertz CT molecular complexity index is 762. The van der Waals surface area contributed by atoms with Gasteiger partial charge in [0.1, 0.15) is 5.82 Å². The molecule has 1 N–H and O–H groups in total. The number of carbonyl (C=O) groups excluding carboxylic acids is 1.